The van der Waals surface area contributed by atoms with E-state index >= 15 is 0 Å². The van der Waals surface area contributed by atoms with Crippen LogP contribution in [0.15, 0.2) is 24.3 Å². The normalized spacial score (nSPS) is 17.3. The van der Waals surface area contributed by atoms with Crippen molar-refractivity contribution in [1.82, 2.24) is 10.2 Å². The molecule has 0 radical (unpaired) electrons. The van der Waals surface area contributed by atoms with Crippen LogP contribution in [0, 0.1) is 0 Å². The smallest absolute Gasteiger partial charge is 0.349 e. The van der Waals surface area contributed by atoms with Crippen LogP contribution in [0.25, 0.3) is 0 Å². The number of rotatable bonds is 7. The first kappa shape index (κ1) is 32.8. The second-order valence-corrected chi connectivity index (χ2v) is 10.0. The van der Waals surface area contributed by atoms with E-state index in [1.54, 1.807) is 0 Å². The standard InChI is InChI=1S/C19H17F11N4O5S/c1-32(14(36)6-13(35)31-8-16(20,21)18(25,26)27)12-7-34(40(38,39)19(28,29)30)11-5-3-2-4-10(11)33(15(12)37)9-17(22,23)24/h2-5,12H,6-9H2,1H3,(H,31,35)/t12-/m0/s1. The molecule has 2 rings (SSSR count). The first-order chi connectivity index (χ1) is 17.9. The summed E-state index contributed by atoms with van der Waals surface area (Å²) < 4.78 is 167. The van der Waals surface area contributed by atoms with E-state index in [0.717, 1.165) is 17.4 Å². The number of likely N-dealkylation sites (N-methyl/N-ethyl adjacent to an activating group) is 1. The van der Waals surface area contributed by atoms with Gasteiger partial charge in [0.15, 0.2) is 0 Å². The number of nitrogens with zero attached hydrogens (tertiary/aromatic N) is 3. The molecule has 1 atom stereocenters. The van der Waals surface area contributed by atoms with Crippen LogP contribution in [0.4, 0.5) is 59.7 Å². The van der Waals surface area contributed by atoms with Gasteiger partial charge >= 0.3 is 33.8 Å². The zero-order valence-electron chi connectivity index (χ0n) is 19.7. The predicted octanol–water partition coefficient (Wildman–Crippen LogP) is 2.78. The SMILES string of the molecule is CN(C(=O)CC(=O)NCC(F)(F)C(F)(F)F)[C@H]1CN(S(=O)(=O)C(F)(F)F)c2ccccc2N(CC(F)(F)F)C1=O. The Morgan fingerprint density at radius 2 is 1.50 bits per heavy atom. The van der Waals surface area contributed by atoms with Crippen molar-refractivity contribution in [2.45, 2.75) is 36.2 Å². The number of sulfonamides is 1. The number of amides is 3. The maximum absolute atomic E-state index is 13.5. The Bertz CT molecular complexity index is 1250. The molecule has 0 bridgehead atoms. The van der Waals surface area contributed by atoms with Crippen molar-refractivity contribution in [3.63, 3.8) is 0 Å². The minimum absolute atomic E-state index is 0.0813. The number of hydrogen-bond donors (Lipinski definition) is 1. The van der Waals surface area contributed by atoms with Crippen LogP contribution in [0.1, 0.15) is 6.42 Å². The fourth-order valence-corrected chi connectivity index (χ4v) is 4.33. The number of nitrogens with one attached hydrogen (secondary N) is 1. The van der Waals surface area contributed by atoms with Gasteiger partial charge in [-0.3, -0.25) is 23.6 Å². The van der Waals surface area contributed by atoms with Gasteiger partial charge in [0.05, 0.1) is 24.5 Å². The summed E-state index contributed by atoms with van der Waals surface area (Å²) in [4.78, 5) is 37.4. The van der Waals surface area contributed by atoms with E-state index in [1.165, 1.54) is 0 Å². The molecular formula is C19H17F11N4O5S. The summed E-state index contributed by atoms with van der Waals surface area (Å²) in [5.41, 5.74) is -8.00. The minimum Gasteiger partial charge on any atom is -0.349 e. The van der Waals surface area contributed by atoms with Crippen LogP contribution in [-0.2, 0) is 24.4 Å². The summed E-state index contributed by atoms with van der Waals surface area (Å²) in [6.45, 7) is -6.09. The quantitative estimate of drug-likeness (QED) is 0.372. The Labute approximate surface area is 217 Å². The van der Waals surface area contributed by atoms with Gasteiger partial charge in [0.25, 0.3) is 5.91 Å². The topological polar surface area (TPSA) is 107 Å². The van der Waals surface area contributed by atoms with Gasteiger partial charge in [-0.15, -0.1) is 0 Å². The highest BCUT2D eigenvalue weighted by Crippen LogP contribution is 2.40. The van der Waals surface area contributed by atoms with E-state index in [9.17, 15) is 71.1 Å². The second-order valence-electron chi connectivity index (χ2n) is 8.19. The first-order valence-corrected chi connectivity index (χ1v) is 11.9. The third-order valence-electron chi connectivity index (χ3n) is 5.35. The van der Waals surface area contributed by atoms with Gasteiger partial charge in [-0.2, -0.15) is 56.7 Å². The summed E-state index contributed by atoms with van der Waals surface area (Å²) in [5.74, 6) is -10.6. The van der Waals surface area contributed by atoms with Crippen LogP contribution in [-0.4, -0.2) is 87.5 Å². The van der Waals surface area contributed by atoms with Gasteiger partial charge in [0, 0.05) is 7.05 Å². The molecule has 3 amide bonds. The van der Waals surface area contributed by atoms with Crippen LogP contribution in [0.5, 0.6) is 0 Å². The summed E-state index contributed by atoms with van der Waals surface area (Å²) in [6.07, 6.45) is -12.9. The van der Waals surface area contributed by atoms with E-state index in [1.807, 2.05) is 0 Å². The van der Waals surface area contributed by atoms with E-state index in [-0.39, 0.29) is 9.80 Å². The van der Waals surface area contributed by atoms with Crippen molar-refractivity contribution in [3.05, 3.63) is 24.3 Å². The van der Waals surface area contributed by atoms with Crippen molar-refractivity contribution in [2.24, 2.45) is 0 Å². The molecule has 0 saturated carbocycles. The molecule has 0 aliphatic carbocycles. The lowest BCUT2D eigenvalue weighted by Crippen LogP contribution is -2.56. The number of carbonyl (C=O) groups is 3. The lowest BCUT2D eigenvalue weighted by molar-refractivity contribution is -0.278. The van der Waals surface area contributed by atoms with Gasteiger partial charge < -0.3 is 10.2 Å². The Morgan fingerprint density at radius 3 is 1.98 bits per heavy atom. The van der Waals surface area contributed by atoms with Crippen molar-refractivity contribution in [2.75, 3.05) is 35.9 Å². The average molecular weight is 622 g/mol. The second kappa shape index (κ2) is 10.9. The lowest BCUT2D eigenvalue weighted by Gasteiger charge is -2.31. The maximum atomic E-state index is 13.5. The van der Waals surface area contributed by atoms with Crippen LogP contribution in [0.3, 0.4) is 0 Å². The Hall–Kier alpha value is -3.39. The number of hydrogen-bond acceptors (Lipinski definition) is 5. The highest BCUT2D eigenvalue weighted by Gasteiger charge is 2.57. The maximum Gasteiger partial charge on any atom is 0.516 e. The molecule has 1 heterocycles. The molecule has 40 heavy (non-hydrogen) atoms. The molecule has 1 aromatic rings. The molecule has 1 aliphatic rings. The molecule has 0 spiro atoms. The number of halogens is 11. The van der Waals surface area contributed by atoms with E-state index < -0.39 is 99.3 Å². The van der Waals surface area contributed by atoms with Crippen LogP contribution in [0.2, 0.25) is 0 Å². The largest absolute Gasteiger partial charge is 0.516 e. The molecule has 9 nitrogen and oxygen atoms in total. The number of fused-ring (bicyclic) bond motifs is 1. The van der Waals surface area contributed by atoms with Gasteiger partial charge in [-0.05, 0) is 12.1 Å². The number of alkyl halides is 11. The Kier molecular flexibility index (Phi) is 8.93. The molecule has 0 unspecified atom stereocenters. The molecule has 0 fully saturated rings. The Balaban J connectivity index is 2.48. The van der Waals surface area contributed by atoms with Crippen molar-refractivity contribution in [3.8, 4) is 0 Å². The lowest BCUT2D eigenvalue weighted by atomic mass is 10.2. The van der Waals surface area contributed by atoms with Gasteiger partial charge in [0.2, 0.25) is 11.8 Å². The highest BCUT2D eigenvalue weighted by molar-refractivity contribution is 7.93. The van der Waals surface area contributed by atoms with Gasteiger partial charge in [-0.1, -0.05) is 12.1 Å². The van der Waals surface area contributed by atoms with E-state index in [2.05, 4.69) is 0 Å². The molecule has 21 heteroatoms. The molecule has 0 saturated heterocycles. The third-order valence-corrected chi connectivity index (χ3v) is 6.86. The fourth-order valence-electron chi connectivity index (χ4n) is 3.33. The van der Waals surface area contributed by atoms with Crippen molar-refractivity contribution in [1.29, 1.82) is 0 Å². The number of para-hydroxylation sites is 2. The molecule has 226 valence electrons. The molecule has 1 aromatic carbocycles. The Morgan fingerprint density at radius 1 is 0.975 bits per heavy atom. The monoisotopic (exact) mass is 622 g/mol. The average Bonchev–Trinajstić information content (AvgIpc) is 2.90. The summed E-state index contributed by atoms with van der Waals surface area (Å²) in [7, 11) is -5.84. The van der Waals surface area contributed by atoms with Crippen LogP contribution >= 0.6 is 0 Å². The first-order valence-electron chi connectivity index (χ1n) is 10.4. The van der Waals surface area contributed by atoms with E-state index in [4.69, 9.17) is 0 Å². The number of carbonyl (C=O) groups excluding carboxylic acids is 3. The fraction of sp³-hybridized carbons (Fsp3) is 0.526. The summed E-state index contributed by atoms with van der Waals surface area (Å²) in [6, 6.07) is 0.835. The molecular weight excluding hydrogens is 605 g/mol. The highest BCUT2D eigenvalue weighted by atomic mass is 32.2. The summed E-state index contributed by atoms with van der Waals surface area (Å²) in [5, 5.41) is 1.09. The van der Waals surface area contributed by atoms with Gasteiger partial charge in [0.1, 0.15) is 19.0 Å². The number of anilines is 2. The predicted molar refractivity (Wildman–Crippen MR) is 112 cm³/mol. The third kappa shape index (κ3) is 7.02. The zero-order valence-corrected chi connectivity index (χ0v) is 20.5. The molecule has 1 N–H and O–H groups in total. The number of benzene rings is 1. The molecule has 0 aromatic heterocycles. The molecule has 1 aliphatic heterocycles. The zero-order chi connectivity index (χ0) is 31.1. The minimum atomic E-state index is -6.41. The van der Waals surface area contributed by atoms with Gasteiger partial charge in [-0.25, -0.2) is 0 Å². The van der Waals surface area contributed by atoms with Crippen molar-refractivity contribution >= 4 is 39.1 Å². The van der Waals surface area contributed by atoms with Crippen molar-refractivity contribution < 1.29 is 71.1 Å². The van der Waals surface area contributed by atoms with Crippen LogP contribution < -0.4 is 14.5 Å². The van der Waals surface area contributed by atoms with E-state index in [0.29, 0.717) is 19.2 Å². The summed E-state index contributed by atoms with van der Waals surface area (Å²) >= 11 is 0.